The highest BCUT2D eigenvalue weighted by molar-refractivity contribution is 5.93. The molecular weight excluding hydrogens is 319 g/mol. The van der Waals surface area contributed by atoms with Gasteiger partial charge in [-0.2, -0.15) is 18.3 Å². The standard InChI is InChI=1S/C17H20F3N3O/c1-4-23-15(9-14(22-23)16(24)21-10-11(2)3)12-6-5-7-13(8-12)17(18,19)20/h5-9,11H,4,10H2,1-3H3,(H,21,24). The summed E-state index contributed by atoms with van der Waals surface area (Å²) in [6.07, 6.45) is -4.41. The molecule has 24 heavy (non-hydrogen) atoms. The van der Waals surface area contributed by atoms with Gasteiger partial charge in [-0.3, -0.25) is 9.48 Å². The van der Waals surface area contributed by atoms with Crippen LogP contribution in [0.25, 0.3) is 11.3 Å². The highest BCUT2D eigenvalue weighted by Crippen LogP contribution is 2.32. The second kappa shape index (κ2) is 7.07. The quantitative estimate of drug-likeness (QED) is 0.896. The Balaban J connectivity index is 2.36. The molecule has 0 unspecified atom stereocenters. The average molecular weight is 339 g/mol. The third kappa shape index (κ3) is 4.15. The lowest BCUT2D eigenvalue weighted by atomic mass is 10.1. The Morgan fingerprint density at radius 2 is 2.00 bits per heavy atom. The number of nitrogens with zero attached hydrogens (tertiary/aromatic N) is 2. The summed E-state index contributed by atoms with van der Waals surface area (Å²) < 4.78 is 40.2. The third-order valence-corrected chi connectivity index (χ3v) is 3.47. The normalized spacial score (nSPS) is 11.8. The Morgan fingerprint density at radius 3 is 2.58 bits per heavy atom. The SMILES string of the molecule is CCn1nc(C(=O)NCC(C)C)cc1-c1cccc(C(F)(F)F)c1. The molecule has 0 spiro atoms. The number of benzene rings is 1. The van der Waals surface area contributed by atoms with Crippen molar-refractivity contribution in [2.24, 2.45) is 5.92 Å². The van der Waals surface area contributed by atoms with Crippen molar-refractivity contribution >= 4 is 5.91 Å². The molecule has 0 aliphatic rings. The first-order valence-electron chi connectivity index (χ1n) is 7.76. The van der Waals surface area contributed by atoms with E-state index in [1.54, 1.807) is 6.07 Å². The fourth-order valence-corrected chi connectivity index (χ4v) is 2.24. The van der Waals surface area contributed by atoms with Crippen LogP contribution in [0.1, 0.15) is 36.8 Å². The number of aromatic nitrogens is 2. The zero-order chi connectivity index (χ0) is 17.9. The van der Waals surface area contributed by atoms with Gasteiger partial charge >= 0.3 is 6.18 Å². The minimum atomic E-state index is -4.41. The van der Waals surface area contributed by atoms with Crippen LogP contribution < -0.4 is 5.32 Å². The van der Waals surface area contributed by atoms with Crippen LogP contribution in [0, 0.1) is 5.92 Å². The summed E-state index contributed by atoms with van der Waals surface area (Å²) in [6, 6.07) is 6.54. The molecule has 0 bridgehead atoms. The van der Waals surface area contributed by atoms with Crippen molar-refractivity contribution in [3.63, 3.8) is 0 Å². The number of amides is 1. The molecule has 0 atom stereocenters. The summed E-state index contributed by atoms with van der Waals surface area (Å²) in [7, 11) is 0. The van der Waals surface area contributed by atoms with E-state index in [0.717, 1.165) is 12.1 Å². The lowest BCUT2D eigenvalue weighted by Crippen LogP contribution is -2.27. The van der Waals surface area contributed by atoms with Gasteiger partial charge in [-0.15, -0.1) is 0 Å². The van der Waals surface area contributed by atoms with Gasteiger partial charge in [0.2, 0.25) is 0 Å². The first-order chi connectivity index (χ1) is 11.2. The fraction of sp³-hybridized carbons (Fsp3) is 0.412. The summed E-state index contributed by atoms with van der Waals surface area (Å²) in [5, 5.41) is 6.95. The highest BCUT2D eigenvalue weighted by atomic mass is 19.4. The molecule has 7 heteroatoms. The van der Waals surface area contributed by atoms with E-state index in [9.17, 15) is 18.0 Å². The molecule has 0 saturated heterocycles. The molecule has 0 aliphatic heterocycles. The van der Waals surface area contributed by atoms with Crippen LogP contribution in [0.2, 0.25) is 0 Å². The predicted octanol–water partition coefficient (Wildman–Crippen LogP) is 3.97. The van der Waals surface area contributed by atoms with Crippen molar-refractivity contribution < 1.29 is 18.0 Å². The Hall–Kier alpha value is -2.31. The second-order valence-corrected chi connectivity index (χ2v) is 5.91. The van der Waals surface area contributed by atoms with Gasteiger partial charge in [-0.05, 0) is 31.0 Å². The topological polar surface area (TPSA) is 46.9 Å². The zero-order valence-corrected chi connectivity index (χ0v) is 13.8. The molecule has 0 fully saturated rings. The van der Waals surface area contributed by atoms with E-state index in [4.69, 9.17) is 0 Å². The largest absolute Gasteiger partial charge is 0.416 e. The molecule has 1 aromatic heterocycles. The molecule has 2 aromatic rings. The van der Waals surface area contributed by atoms with Gasteiger partial charge < -0.3 is 5.32 Å². The average Bonchev–Trinajstić information content (AvgIpc) is 2.96. The van der Waals surface area contributed by atoms with Gasteiger partial charge in [0.15, 0.2) is 5.69 Å². The van der Waals surface area contributed by atoms with Crippen LogP contribution >= 0.6 is 0 Å². The number of halogens is 3. The maximum absolute atomic E-state index is 12.9. The van der Waals surface area contributed by atoms with E-state index in [1.807, 2.05) is 20.8 Å². The van der Waals surface area contributed by atoms with E-state index >= 15 is 0 Å². The van der Waals surface area contributed by atoms with Crippen molar-refractivity contribution in [1.82, 2.24) is 15.1 Å². The number of nitrogens with one attached hydrogen (secondary N) is 1. The molecule has 0 saturated carbocycles. The molecule has 1 heterocycles. The van der Waals surface area contributed by atoms with E-state index in [-0.39, 0.29) is 11.6 Å². The third-order valence-electron chi connectivity index (χ3n) is 3.47. The molecule has 1 aromatic carbocycles. The number of hydrogen-bond donors (Lipinski definition) is 1. The Labute approximate surface area is 138 Å². The lowest BCUT2D eigenvalue weighted by molar-refractivity contribution is -0.137. The molecular formula is C17H20F3N3O. The van der Waals surface area contributed by atoms with Gasteiger partial charge in [-0.25, -0.2) is 0 Å². The number of hydrogen-bond acceptors (Lipinski definition) is 2. The van der Waals surface area contributed by atoms with Crippen molar-refractivity contribution in [3.8, 4) is 11.3 Å². The fourth-order valence-electron chi connectivity index (χ4n) is 2.24. The van der Waals surface area contributed by atoms with E-state index < -0.39 is 11.7 Å². The Morgan fingerprint density at radius 1 is 1.29 bits per heavy atom. The maximum atomic E-state index is 12.9. The summed E-state index contributed by atoms with van der Waals surface area (Å²) >= 11 is 0. The van der Waals surface area contributed by atoms with Gasteiger partial charge in [0, 0.05) is 18.7 Å². The molecule has 2 rings (SSSR count). The van der Waals surface area contributed by atoms with Gasteiger partial charge in [-0.1, -0.05) is 26.0 Å². The minimum Gasteiger partial charge on any atom is -0.350 e. The number of alkyl halides is 3. The Kier molecular flexibility index (Phi) is 5.31. The van der Waals surface area contributed by atoms with Crippen molar-refractivity contribution in [2.45, 2.75) is 33.5 Å². The summed E-state index contributed by atoms with van der Waals surface area (Å²) in [5.74, 6) is -0.0331. The Bertz CT molecular complexity index is 720. The minimum absolute atomic E-state index is 0.199. The van der Waals surface area contributed by atoms with Gasteiger partial charge in [0.25, 0.3) is 5.91 Å². The molecule has 1 amide bonds. The molecule has 0 aliphatic carbocycles. The number of aryl methyl sites for hydroxylation is 1. The van der Waals surface area contributed by atoms with Crippen molar-refractivity contribution in [2.75, 3.05) is 6.54 Å². The summed E-state index contributed by atoms with van der Waals surface area (Å²) in [5.41, 5.74) is 0.333. The first kappa shape index (κ1) is 18.0. The number of carbonyl (C=O) groups excluding carboxylic acids is 1. The molecule has 130 valence electrons. The number of rotatable bonds is 5. The van der Waals surface area contributed by atoms with Crippen LogP contribution in [0.15, 0.2) is 30.3 Å². The molecule has 0 radical (unpaired) electrons. The van der Waals surface area contributed by atoms with Crippen LogP contribution in [0.4, 0.5) is 13.2 Å². The first-order valence-corrected chi connectivity index (χ1v) is 7.76. The summed E-state index contributed by atoms with van der Waals surface area (Å²) in [4.78, 5) is 12.1. The van der Waals surface area contributed by atoms with E-state index in [0.29, 0.717) is 30.3 Å². The van der Waals surface area contributed by atoms with Gasteiger partial charge in [0.05, 0.1) is 11.3 Å². The maximum Gasteiger partial charge on any atom is 0.416 e. The van der Waals surface area contributed by atoms with Crippen LogP contribution in [-0.2, 0) is 12.7 Å². The second-order valence-electron chi connectivity index (χ2n) is 5.91. The smallest absolute Gasteiger partial charge is 0.350 e. The predicted molar refractivity (Wildman–Crippen MR) is 85.5 cm³/mol. The van der Waals surface area contributed by atoms with E-state index in [2.05, 4.69) is 10.4 Å². The van der Waals surface area contributed by atoms with Crippen LogP contribution in [-0.4, -0.2) is 22.2 Å². The molecule has 1 N–H and O–H groups in total. The van der Waals surface area contributed by atoms with Crippen molar-refractivity contribution in [3.05, 3.63) is 41.6 Å². The van der Waals surface area contributed by atoms with E-state index in [1.165, 1.54) is 16.8 Å². The summed E-state index contributed by atoms with van der Waals surface area (Å²) in [6.45, 7) is 6.72. The van der Waals surface area contributed by atoms with Crippen molar-refractivity contribution in [1.29, 1.82) is 0 Å². The van der Waals surface area contributed by atoms with Crippen LogP contribution in [0.3, 0.4) is 0 Å². The number of carbonyl (C=O) groups is 1. The zero-order valence-electron chi connectivity index (χ0n) is 13.8. The monoisotopic (exact) mass is 339 g/mol. The molecule has 4 nitrogen and oxygen atoms in total. The van der Waals surface area contributed by atoms with Crippen LogP contribution in [0.5, 0.6) is 0 Å². The highest BCUT2D eigenvalue weighted by Gasteiger charge is 2.30. The van der Waals surface area contributed by atoms with Gasteiger partial charge in [0.1, 0.15) is 0 Å². The lowest BCUT2D eigenvalue weighted by Gasteiger charge is -2.09.